The third-order valence-electron chi connectivity index (χ3n) is 5.26. The van der Waals surface area contributed by atoms with Gasteiger partial charge in [0.15, 0.2) is 5.76 Å². The Morgan fingerprint density at radius 1 is 1.19 bits per heavy atom. The largest absolute Gasteiger partial charge is 0.356 e. The van der Waals surface area contributed by atoms with Crippen molar-refractivity contribution in [1.29, 1.82) is 0 Å². The predicted octanol–water partition coefficient (Wildman–Crippen LogP) is 4.81. The molecule has 0 saturated carbocycles. The zero-order valence-electron chi connectivity index (χ0n) is 15.6. The summed E-state index contributed by atoms with van der Waals surface area (Å²) in [5.41, 5.74) is 3.03. The van der Waals surface area contributed by atoms with Gasteiger partial charge in [-0.15, -0.1) is 0 Å². The molecule has 1 unspecified atom stereocenters. The molecular formula is C21H25FN4O. The zero-order valence-corrected chi connectivity index (χ0v) is 15.6. The Bertz CT molecular complexity index is 870. The summed E-state index contributed by atoms with van der Waals surface area (Å²) in [6, 6.07) is 8.58. The summed E-state index contributed by atoms with van der Waals surface area (Å²) in [5.74, 6) is 0.439. The molecule has 1 fully saturated rings. The van der Waals surface area contributed by atoms with E-state index in [1.807, 2.05) is 16.9 Å². The second-order valence-corrected chi connectivity index (χ2v) is 7.16. The Hall–Kier alpha value is -2.47. The lowest BCUT2D eigenvalue weighted by atomic mass is 10.0. The minimum Gasteiger partial charge on any atom is -0.356 e. The van der Waals surface area contributed by atoms with Gasteiger partial charge in [-0.25, -0.2) is 4.39 Å². The zero-order chi connectivity index (χ0) is 18.6. The molecule has 3 aromatic rings. The molecule has 4 rings (SSSR count). The van der Waals surface area contributed by atoms with E-state index in [0.29, 0.717) is 5.76 Å². The van der Waals surface area contributed by atoms with E-state index in [2.05, 4.69) is 28.3 Å². The highest BCUT2D eigenvalue weighted by Gasteiger charge is 2.26. The van der Waals surface area contributed by atoms with Crippen LogP contribution in [0.25, 0.3) is 11.3 Å². The Morgan fingerprint density at radius 2 is 2.04 bits per heavy atom. The maximum atomic E-state index is 13.2. The standard InChI is InChI=1S/C21H25FN4O/c1-2-26-15-16(13-23-26)14-25-11-5-3-4-6-20(25)19-12-21(27-24-19)17-7-9-18(22)10-8-17/h7-10,12-13,15,20H,2-6,11,14H2,1H3. The lowest BCUT2D eigenvalue weighted by Gasteiger charge is -2.27. The number of aromatic nitrogens is 3. The van der Waals surface area contributed by atoms with E-state index in [9.17, 15) is 4.39 Å². The Morgan fingerprint density at radius 3 is 2.81 bits per heavy atom. The van der Waals surface area contributed by atoms with Crippen LogP contribution in [0, 0.1) is 5.82 Å². The lowest BCUT2D eigenvalue weighted by Crippen LogP contribution is -2.28. The van der Waals surface area contributed by atoms with Crippen LogP contribution >= 0.6 is 0 Å². The van der Waals surface area contributed by atoms with Crippen molar-refractivity contribution in [3.8, 4) is 11.3 Å². The van der Waals surface area contributed by atoms with Gasteiger partial charge in [-0.05, 0) is 50.6 Å². The van der Waals surface area contributed by atoms with E-state index >= 15 is 0 Å². The average molecular weight is 368 g/mol. The highest BCUT2D eigenvalue weighted by molar-refractivity contribution is 5.57. The van der Waals surface area contributed by atoms with E-state index in [1.54, 1.807) is 12.1 Å². The fourth-order valence-electron chi connectivity index (χ4n) is 3.78. The van der Waals surface area contributed by atoms with Crippen molar-refractivity contribution in [3.05, 3.63) is 59.8 Å². The van der Waals surface area contributed by atoms with Crippen LogP contribution in [-0.2, 0) is 13.1 Å². The quantitative estimate of drug-likeness (QED) is 0.648. The summed E-state index contributed by atoms with van der Waals surface area (Å²) in [6.45, 7) is 4.88. The molecule has 1 aliphatic rings. The van der Waals surface area contributed by atoms with Crippen molar-refractivity contribution < 1.29 is 8.91 Å². The van der Waals surface area contributed by atoms with E-state index in [4.69, 9.17) is 4.52 Å². The maximum Gasteiger partial charge on any atom is 0.167 e. The first-order chi connectivity index (χ1) is 13.2. The molecule has 0 N–H and O–H groups in total. The number of halogens is 1. The molecule has 5 nitrogen and oxygen atoms in total. The molecule has 0 radical (unpaired) electrons. The van der Waals surface area contributed by atoms with Crippen molar-refractivity contribution in [3.63, 3.8) is 0 Å². The van der Waals surface area contributed by atoms with Gasteiger partial charge in [0.1, 0.15) is 11.5 Å². The molecule has 2 aromatic heterocycles. The number of aryl methyl sites for hydroxylation is 1. The van der Waals surface area contributed by atoms with Gasteiger partial charge < -0.3 is 4.52 Å². The van der Waals surface area contributed by atoms with Crippen molar-refractivity contribution in [2.45, 2.75) is 51.7 Å². The lowest BCUT2D eigenvalue weighted by molar-refractivity contribution is 0.184. The molecule has 0 amide bonds. The number of benzene rings is 1. The topological polar surface area (TPSA) is 47.1 Å². The van der Waals surface area contributed by atoms with Crippen LogP contribution in [0.5, 0.6) is 0 Å². The van der Waals surface area contributed by atoms with Gasteiger partial charge in [-0.2, -0.15) is 5.10 Å². The number of rotatable bonds is 5. The highest BCUT2D eigenvalue weighted by Crippen LogP contribution is 2.33. The first kappa shape index (κ1) is 17.9. The summed E-state index contributed by atoms with van der Waals surface area (Å²) >= 11 is 0. The number of likely N-dealkylation sites (tertiary alicyclic amines) is 1. The molecule has 142 valence electrons. The van der Waals surface area contributed by atoms with E-state index in [-0.39, 0.29) is 11.9 Å². The first-order valence-corrected chi connectivity index (χ1v) is 9.71. The summed E-state index contributed by atoms with van der Waals surface area (Å²) in [6.07, 6.45) is 8.77. The molecule has 1 saturated heterocycles. The third-order valence-corrected chi connectivity index (χ3v) is 5.26. The molecule has 0 spiro atoms. The highest BCUT2D eigenvalue weighted by atomic mass is 19.1. The number of hydrogen-bond donors (Lipinski definition) is 0. The van der Waals surface area contributed by atoms with Gasteiger partial charge in [0, 0.05) is 36.5 Å². The molecule has 27 heavy (non-hydrogen) atoms. The van der Waals surface area contributed by atoms with Crippen molar-refractivity contribution >= 4 is 0 Å². The summed E-state index contributed by atoms with van der Waals surface area (Å²) < 4.78 is 20.7. The van der Waals surface area contributed by atoms with Crippen molar-refractivity contribution in [1.82, 2.24) is 19.8 Å². The molecule has 0 aliphatic carbocycles. The van der Waals surface area contributed by atoms with Gasteiger partial charge >= 0.3 is 0 Å². The molecule has 1 aliphatic heterocycles. The van der Waals surface area contributed by atoms with Crippen LogP contribution < -0.4 is 0 Å². The molecule has 3 heterocycles. The smallest absolute Gasteiger partial charge is 0.167 e. The van der Waals surface area contributed by atoms with Crippen LogP contribution in [0.2, 0.25) is 0 Å². The maximum absolute atomic E-state index is 13.2. The Labute approximate surface area is 158 Å². The fraction of sp³-hybridized carbons (Fsp3) is 0.429. The predicted molar refractivity (Wildman–Crippen MR) is 101 cm³/mol. The molecule has 0 bridgehead atoms. The summed E-state index contributed by atoms with van der Waals surface area (Å²) in [5, 5.41) is 8.76. The normalized spacial score (nSPS) is 18.5. The fourth-order valence-corrected chi connectivity index (χ4v) is 3.78. The van der Waals surface area contributed by atoms with Gasteiger partial charge in [0.05, 0.1) is 12.2 Å². The van der Waals surface area contributed by atoms with Crippen LogP contribution in [0.3, 0.4) is 0 Å². The van der Waals surface area contributed by atoms with Crippen LogP contribution in [-0.4, -0.2) is 26.4 Å². The van der Waals surface area contributed by atoms with Crippen molar-refractivity contribution in [2.24, 2.45) is 0 Å². The molecule has 6 heteroatoms. The minimum atomic E-state index is -0.249. The monoisotopic (exact) mass is 368 g/mol. The SMILES string of the molecule is CCn1cc(CN2CCCCCC2c2cc(-c3ccc(F)cc3)on2)cn1. The molecule has 1 aromatic carbocycles. The van der Waals surface area contributed by atoms with Crippen LogP contribution in [0.4, 0.5) is 4.39 Å². The average Bonchev–Trinajstić information content (AvgIpc) is 3.29. The van der Waals surface area contributed by atoms with Crippen molar-refractivity contribution in [2.75, 3.05) is 6.54 Å². The van der Waals surface area contributed by atoms with Crippen LogP contribution in [0.1, 0.15) is 49.9 Å². The Kier molecular flexibility index (Phi) is 5.34. The second kappa shape index (κ2) is 8.05. The summed E-state index contributed by atoms with van der Waals surface area (Å²) in [4.78, 5) is 2.48. The van der Waals surface area contributed by atoms with Crippen LogP contribution in [0.15, 0.2) is 47.2 Å². The van der Waals surface area contributed by atoms with E-state index < -0.39 is 0 Å². The Balaban J connectivity index is 1.56. The first-order valence-electron chi connectivity index (χ1n) is 9.71. The minimum absolute atomic E-state index is 0.232. The van der Waals surface area contributed by atoms with E-state index in [0.717, 1.165) is 37.3 Å². The molecular weight excluding hydrogens is 343 g/mol. The second-order valence-electron chi connectivity index (χ2n) is 7.16. The van der Waals surface area contributed by atoms with Gasteiger partial charge in [-0.3, -0.25) is 9.58 Å². The van der Waals surface area contributed by atoms with E-state index in [1.165, 1.54) is 37.0 Å². The number of hydrogen-bond acceptors (Lipinski definition) is 4. The third kappa shape index (κ3) is 4.11. The summed E-state index contributed by atoms with van der Waals surface area (Å²) in [7, 11) is 0. The number of nitrogens with zero attached hydrogens (tertiary/aromatic N) is 4. The van der Waals surface area contributed by atoms with Gasteiger partial charge in [-0.1, -0.05) is 18.0 Å². The molecule has 1 atom stereocenters. The van der Waals surface area contributed by atoms with Gasteiger partial charge in [0.25, 0.3) is 0 Å². The van der Waals surface area contributed by atoms with Gasteiger partial charge in [0.2, 0.25) is 0 Å².